The van der Waals surface area contributed by atoms with E-state index >= 15 is 0 Å². The number of unbranched alkanes of at least 4 members (excludes halogenated alkanes) is 1. The molecule has 0 aliphatic carbocycles. The number of carbonyl (C=O) groups is 2. The zero-order chi connectivity index (χ0) is 18.1. The minimum Gasteiger partial charge on any atom is -0.496 e. The van der Waals surface area contributed by atoms with Gasteiger partial charge in [-0.05, 0) is 44.8 Å². The predicted octanol–water partition coefficient (Wildman–Crippen LogP) is 1.99. The molecule has 1 heterocycles. The normalized spacial score (nSPS) is 15.7. The van der Waals surface area contributed by atoms with Crippen molar-refractivity contribution < 1.29 is 14.3 Å². The first-order valence-electron chi connectivity index (χ1n) is 9.03. The summed E-state index contributed by atoms with van der Waals surface area (Å²) in [6, 6.07) is 8.12. The maximum atomic E-state index is 12.1. The van der Waals surface area contributed by atoms with Gasteiger partial charge in [-0.15, -0.1) is 0 Å². The van der Waals surface area contributed by atoms with Crippen molar-refractivity contribution in [2.75, 3.05) is 26.7 Å². The number of nitrogens with two attached hydrogens (primary N) is 1. The Bertz CT molecular complexity index is 571. The summed E-state index contributed by atoms with van der Waals surface area (Å²) in [6.07, 6.45) is 4.47. The Hall–Kier alpha value is -2.08. The summed E-state index contributed by atoms with van der Waals surface area (Å²) >= 11 is 0. The Morgan fingerprint density at radius 2 is 1.88 bits per heavy atom. The summed E-state index contributed by atoms with van der Waals surface area (Å²) in [5, 5.41) is 3.05. The lowest BCUT2D eigenvalue weighted by molar-refractivity contribution is -0.122. The summed E-state index contributed by atoms with van der Waals surface area (Å²) in [5.74, 6) is 0.560. The fourth-order valence-corrected chi connectivity index (χ4v) is 3.31. The van der Waals surface area contributed by atoms with Crippen molar-refractivity contribution in [3.8, 4) is 5.75 Å². The molecule has 1 fully saturated rings. The average molecular weight is 347 g/mol. The fourth-order valence-electron chi connectivity index (χ4n) is 3.31. The molecule has 2 rings (SSSR count). The van der Waals surface area contributed by atoms with Crippen LogP contribution in [0.4, 0.5) is 0 Å². The van der Waals surface area contributed by atoms with E-state index in [1.165, 1.54) is 12.8 Å². The fraction of sp³-hybridized carbons (Fsp3) is 0.579. The Labute approximate surface area is 149 Å². The maximum Gasteiger partial charge on any atom is 0.220 e. The number of nitrogens with zero attached hydrogens (tertiary/aromatic N) is 1. The van der Waals surface area contributed by atoms with E-state index in [0.717, 1.165) is 24.4 Å². The minimum absolute atomic E-state index is 0.0172. The van der Waals surface area contributed by atoms with Crippen LogP contribution in [0.2, 0.25) is 0 Å². The van der Waals surface area contributed by atoms with Crippen LogP contribution in [0.3, 0.4) is 0 Å². The molecule has 138 valence electrons. The van der Waals surface area contributed by atoms with Gasteiger partial charge in [0.15, 0.2) is 0 Å². The highest BCUT2D eigenvalue weighted by Crippen LogP contribution is 2.31. The quantitative estimate of drug-likeness (QED) is 0.634. The molecule has 1 atom stereocenters. The van der Waals surface area contributed by atoms with Crippen LogP contribution in [0, 0.1) is 0 Å². The van der Waals surface area contributed by atoms with Crippen molar-refractivity contribution in [2.24, 2.45) is 5.73 Å². The number of primary amides is 1. The van der Waals surface area contributed by atoms with Crippen molar-refractivity contribution in [3.63, 3.8) is 0 Å². The van der Waals surface area contributed by atoms with E-state index in [4.69, 9.17) is 10.5 Å². The number of methoxy groups -OCH3 is 1. The first kappa shape index (κ1) is 19.2. The third-order valence-corrected chi connectivity index (χ3v) is 4.65. The Balaban J connectivity index is 1.93. The van der Waals surface area contributed by atoms with Gasteiger partial charge in [0.25, 0.3) is 0 Å². The van der Waals surface area contributed by atoms with Gasteiger partial charge in [-0.1, -0.05) is 18.2 Å². The van der Waals surface area contributed by atoms with Crippen LogP contribution in [0.5, 0.6) is 5.75 Å². The van der Waals surface area contributed by atoms with Gasteiger partial charge in [-0.3, -0.25) is 14.5 Å². The van der Waals surface area contributed by atoms with Gasteiger partial charge in [0, 0.05) is 24.9 Å². The Kier molecular flexibility index (Phi) is 7.73. The number of hydrogen-bond acceptors (Lipinski definition) is 4. The summed E-state index contributed by atoms with van der Waals surface area (Å²) in [7, 11) is 1.68. The molecule has 6 heteroatoms. The van der Waals surface area contributed by atoms with Crippen molar-refractivity contribution >= 4 is 11.8 Å². The molecule has 1 aromatic carbocycles. The number of hydrogen-bond donors (Lipinski definition) is 2. The number of benzene rings is 1. The predicted molar refractivity (Wildman–Crippen MR) is 97.2 cm³/mol. The zero-order valence-electron chi connectivity index (χ0n) is 15.0. The molecule has 2 amide bonds. The van der Waals surface area contributed by atoms with E-state index in [1.807, 2.05) is 18.2 Å². The highest BCUT2D eigenvalue weighted by atomic mass is 16.5. The van der Waals surface area contributed by atoms with Gasteiger partial charge in [0.1, 0.15) is 5.75 Å². The van der Waals surface area contributed by atoms with Crippen LogP contribution >= 0.6 is 0 Å². The second kappa shape index (κ2) is 10.0. The standard InChI is InChI=1S/C19H29N3O3/c1-25-17-9-3-2-8-15(17)16(22-12-6-7-13-22)14-21-19(24)11-5-4-10-18(20)23/h2-3,8-9,16H,4-7,10-14H2,1H3,(H2,20,23)(H,21,24)/t16-/m0/s1. The SMILES string of the molecule is COc1ccccc1[C@H](CNC(=O)CCCCC(N)=O)N1CCCC1. The number of likely N-dealkylation sites (tertiary alicyclic amines) is 1. The highest BCUT2D eigenvalue weighted by Gasteiger charge is 2.26. The van der Waals surface area contributed by atoms with Gasteiger partial charge in [0.2, 0.25) is 11.8 Å². The molecule has 0 saturated carbocycles. The monoisotopic (exact) mass is 347 g/mol. The molecule has 6 nitrogen and oxygen atoms in total. The molecule has 0 bridgehead atoms. The smallest absolute Gasteiger partial charge is 0.220 e. The zero-order valence-corrected chi connectivity index (χ0v) is 15.0. The summed E-state index contributed by atoms with van der Waals surface area (Å²) in [6.45, 7) is 2.64. The second-order valence-electron chi connectivity index (χ2n) is 6.48. The lowest BCUT2D eigenvalue weighted by Gasteiger charge is -2.29. The molecule has 25 heavy (non-hydrogen) atoms. The number of amides is 2. The van der Waals surface area contributed by atoms with Crippen LogP contribution in [0.15, 0.2) is 24.3 Å². The number of carbonyl (C=O) groups excluding carboxylic acids is 2. The highest BCUT2D eigenvalue weighted by molar-refractivity contribution is 5.76. The largest absolute Gasteiger partial charge is 0.496 e. The Morgan fingerprint density at radius 3 is 2.56 bits per heavy atom. The van der Waals surface area contributed by atoms with E-state index < -0.39 is 0 Å². The van der Waals surface area contributed by atoms with Gasteiger partial charge in [-0.25, -0.2) is 0 Å². The summed E-state index contributed by atoms with van der Waals surface area (Å²) in [5.41, 5.74) is 6.22. The van der Waals surface area contributed by atoms with Crippen molar-refractivity contribution in [2.45, 2.75) is 44.6 Å². The number of ether oxygens (including phenoxy) is 1. The van der Waals surface area contributed by atoms with E-state index in [2.05, 4.69) is 16.3 Å². The summed E-state index contributed by atoms with van der Waals surface area (Å²) in [4.78, 5) is 25.3. The molecule has 3 N–H and O–H groups in total. The van der Waals surface area contributed by atoms with Gasteiger partial charge < -0.3 is 15.8 Å². The van der Waals surface area contributed by atoms with E-state index in [0.29, 0.717) is 32.2 Å². The van der Waals surface area contributed by atoms with Crippen LogP contribution in [-0.4, -0.2) is 43.5 Å². The summed E-state index contributed by atoms with van der Waals surface area (Å²) < 4.78 is 5.51. The van der Waals surface area contributed by atoms with E-state index in [1.54, 1.807) is 7.11 Å². The average Bonchev–Trinajstić information content (AvgIpc) is 3.13. The molecular weight excluding hydrogens is 318 g/mol. The van der Waals surface area contributed by atoms with Crippen LogP contribution in [0.1, 0.15) is 50.1 Å². The second-order valence-corrected chi connectivity index (χ2v) is 6.48. The van der Waals surface area contributed by atoms with Crippen molar-refractivity contribution in [1.82, 2.24) is 10.2 Å². The van der Waals surface area contributed by atoms with Crippen molar-refractivity contribution in [1.29, 1.82) is 0 Å². The molecule has 1 aliphatic rings. The Morgan fingerprint density at radius 1 is 1.20 bits per heavy atom. The van der Waals surface area contributed by atoms with Crippen LogP contribution < -0.4 is 15.8 Å². The lowest BCUT2D eigenvalue weighted by atomic mass is 10.0. The number of rotatable bonds is 10. The minimum atomic E-state index is -0.314. The van der Waals surface area contributed by atoms with Gasteiger partial charge in [-0.2, -0.15) is 0 Å². The molecule has 0 unspecified atom stereocenters. The first-order valence-corrected chi connectivity index (χ1v) is 9.03. The molecule has 1 aliphatic heterocycles. The molecule has 0 aromatic heterocycles. The third-order valence-electron chi connectivity index (χ3n) is 4.65. The van der Waals surface area contributed by atoms with Crippen LogP contribution in [0.25, 0.3) is 0 Å². The molecular formula is C19H29N3O3. The first-order chi connectivity index (χ1) is 12.1. The molecule has 0 spiro atoms. The molecule has 0 radical (unpaired) electrons. The lowest BCUT2D eigenvalue weighted by Crippen LogP contribution is -2.37. The van der Waals surface area contributed by atoms with Gasteiger partial charge in [0.05, 0.1) is 13.2 Å². The van der Waals surface area contributed by atoms with E-state index in [9.17, 15) is 9.59 Å². The molecule has 1 aromatic rings. The third kappa shape index (κ3) is 6.05. The van der Waals surface area contributed by atoms with Crippen LogP contribution in [-0.2, 0) is 9.59 Å². The van der Waals surface area contributed by atoms with Gasteiger partial charge >= 0.3 is 0 Å². The topological polar surface area (TPSA) is 84.7 Å². The van der Waals surface area contributed by atoms with Crippen molar-refractivity contribution in [3.05, 3.63) is 29.8 Å². The maximum absolute atomic E-state index is 12.1. The van der Waals surface area contributed by atoms with E-state index in [-0.39, 0.29) is 17.9 Å². The molecule has 1 saturated heterocycles. The number of para-hydroxylation sites is 1. The number of nitrogens with one attached hydrogen (secondary N) is 1.